The van der Waals surface area contributed by atoms with E-state index in [0.717, 1.165) is 0 Å². The van der Waals surface area contributed by atoms with Crippen LogP contribution in [0.5, 0.6) is 0 Å². The molecule has 0 spiro atoms. The standard InChI is InChI=1S/C6H12NO/c1-4(2)6(7)5(3)8/h4H,7H2,1-3H3. The third-order valence-electron chi connectivity index (χ3n) is 1.03. The molecule has 2 N–H and O–H groups in total. The summed E-state index contributed by atoms with van der Waals surface area (Å²) in [4.78, 5) is 10.4. The molecule has 0 atom stereocenters. The Morgan fingerprint density at radius 1 is 1.50 bits per heavy atom. The summed E-state index contributed by atoms with van der Waals surface area (Å²) in [7, 11) is 0. The fourth-order valence-corrected chi connectivity index (χ4v) is 0.407. The first-order chi connectivity index (χ1) is 3.55. The molecule has 0 bridgehead atoms. The van der Waals surface area contributed by atoms with Gasteiger partial charge in [0.15, 0.2) is 5.78 Å². The zero-order valence-corrected chi connectivity index (χ0v) is 5.56. The fraction of sp³-hybridized carbons (Fsp3) is 0.667. The minimum atomic E-state index is -0.0139. The van der Waals surface area contributed by atoms with Crippen molar-refractivity contribution in [3.63, 3.8) is 0 Å². The highest BCUT2D eigenvalue weighted by atomic mass is 16.1. The van der Waals surface area contributed by atoms with Crippen LogP contribution in [0.25, 0.3) is 0 Å². The molecule has 0 aliphatic heterocycles. The second-order valence-corrected chi connectivity index (χ2v) is 2.17. The monoisotopic (exact) mass is 114 g/mol. The highest BCUT2D eigenvalue weighted by molar-refractivity contribution is 5.89. The van der Waals surface area contributed by atoms with E-state index in [0.29, 0.717) is 6.04 Å². The van der Waals surface area contributed by atoms with E-state index in [1.165, 1.54) is 6.92 Å². The Hall–Kier alpha value is -0.370. The zero-order chi connectivity index (χ0) is 6.73. The highest BCUT2D eigenvalue weighted by Crippen LogP contribution is 2.05. The first-order valence-corrected chi connectivity index (χ1v) is 2.69. The lowest BCUT2D eigenvalue weighted by atomic mass is 10.0. The van der Waals surface area contributed by atoms with Gasteiger partial charge in [0, 0.05) is 0 Å². The summed E-state index contributed by atoms with van der Waals surface area (Å²) in [5, 5.41) is 0. The molecule has 0 unspecified atom stereocenters. The second-order valence-electron chi connectivity index (χ2n) is 2.17. The third kappa shape index (κ3) is 2.07. The van der Waals surface area contributed by atoms with Crippen LogP contribution in [0, 0.1) is 12.0 Å². The molecule has 2 heteroatoms. The lowest BCUT2D eigenvalue weighted by molar-refractivity contribution is -0.116. The van der Waals surface area contributed by atoms with E-state index < -0.39 is 0 Å². The summed E-state index contributed by atoms with van der Waals surface area (Å²) in [5.41, 5.74) is 5.33. The molecule has 2 nitrogen and oxygen atoms in total. The molecular formula is C6H12NO. The first-order valence-electron chi connectivity index (χ1n) is 2.69. The van der Waals surface area contributed by atoms with Crippen LogP contribution in [0.4, 0.5) is 0 Å². The molecule has 0 amide bonds. The summed E-state index contributed by atoms with van der Waals surface area (Å²) < 4.78 is 0. The largest absolute Gasteiger partial charge is 0.317 e. The molecule has 0 saturated carbocycles. The number of hydrogen-bond donors (Lipinski definition) is 1. The molecule has 0 heterocycles. The molecule has 0 aromatic carbocycles. The highest BCUT2D eigenvalue weighted by Gasteiger charge is 2.12. The van der Waals surface area contributed by atoms with Gasteiger partial charge in [0.2, 0.25) is 0 Å². The van der Waals surface area contributed by atoms with Crippen LogP contribution in [-0.4, -0.2) is 5.78 Å². The Morgan fingerprint density at radius 3 is 1.88 bits per heavy atom. The average molecular weight is 114 g/mol. The van der Waals surface area contributed by atoms with E-state index in [1.54, 1.807) is 0 Å². The number of carbonyl (C=O) groups is 1. The van der Waals surface area contributed by atoms with Gasteiger partial charge >= 0.3 is 0 Å². The number of hydrogen-bond acceptors (Lipinski definition) is 2. The van der Waals surface area contributed by atoms with Gasteiger partial charge in [-0.25, -0.2) is 0 Å². The molecule has 0 aliphatic rings. The maximum atomic E-state index is 10.4. The summed E-state index contributed by atoms with van der Waals surface area (Å²) in [5.74, 6) is 0.174. The molecule has 0 saturated heterocycles. The number of rotatable bonds is 2. The van der Waals surface area contributed by atoms with Gasteiger partial charge in [0.1, 0.15) is 6.04 Å². The number of ketones is 1. The number of carbonyl (C=O) groups excluding carboxylic acids is 1. The van der Waals surface area contributed by atoms with Gasteiger partial charge in [0.25, 0.3) is 0 Å². The quantitative estimate of drug-likeness (QED) is 0.575. The maximum absolute atomic E-state index is 10.4. The van der Waals surface area contributed by atoms with Gasteiger partial charge in [-0.1, -0.05) is 13.8 Å². The second kappa shape index (κ2) is 2.82. The topological polar surface area (TPSA) is 43.1 Å². The molecule has 0 aromatic rings. The van der Waals surface area contributed by atoms with E-state index in [1.807, 2.05) is 13.8 Å². The van der Waals surface area contributed by atoms with Crippen LogP contribution in [0.2, 0.25) is 0 Å². The van der Waals surface area contributed by atoms with Crippen LogP contribution >= 0.6 is 0 Å². The molecule has 0 fully saturated rings. The Balaban J connectivity index is 3.64. The fourth-order valence-electron chi connectivity index (χ4n) is 0.407. The first kappa shape index (κ1) is 7.63. The average Bonchev–Trinajstić information content (AvgIpc) is 1.64. The summed E-state index contributed by atoms with van der Waals surface area (Å²) >= 11 is 0. The number of Topliss-reactive ketones (excluding diaryl/α,β-unsaturated/α-hetero) is 1. The van der Waals surface area contributed by atoms with Gasteiger partial charge in [-0.15, -0.1) is 0 Å². The molecule has 0 aromatic heterocycles. The smallest absolute Gasteiger partial charge is 0.152 e. The normalized spacial score (nSPS) is 10.8. The lowest BCUT2D eigenvalue weighted by Gasteiger charge is -2.08. The molecular weight excluding hydrogens is 102 g/mol. The number of nitrogens with two attached hydrogens (primary N) is 1. The maximum Gasteiger partial charge on any atom is 0.152 e. The predicted molar refractivity (Wildman–Crippen MR) is 32.9 cm³/mol. The van der Waals surface area contributed by atoms with Crippen LogP contribution < -0.4 is 5.73 Å². The van der Waals surface area contributed by atoms with Crippen LogP contribution in [-0.2, 0) is 4.79 Å². The van der Waals surface area contributed by atoms with Crippen LogP contribution in [0.3, 0.4) is 0 Å². The van der Waals surface area contributed by atoms with Crippen molar-refractivity contribution in [2.45, 2.75) is 20.8 Å². The van der Waals surface area contributed by atoms with Gasteiger partial charge in [-0.3, -0.25) is 4.79 Å². The van der Waals surface area contributed by atoms with Gasteiger partial charge in [0.05, 0.1) is 0 Å². The summed E-state index contributed by atoms with van der Waals surface area (Å²) in [6.07, 6.45) is 0. The summed E-state index contributed by atoms with van der Waals surface area (Å²) in [6, 6.07) is 0.463. The Morgan fingerprint density at radius 2 is 1.88 bits per heavy atom. The SMILES string of the molecule is CC(=O)[C](N)C(C)C. The molecule has 8 heavy (non-hydrogen) atoms. The van der Waals surface area contributed by atoms with Crippen LogP contribution in [0.15, 0.2) is 0 Å². The molecule has 0 aliphatic carbocycles. The van der Waals surface area contributed by atoms with E-state index in [-0.39, 0.29) is 11.7 Å². The Labute approximate surface area is 50.1 Å². The molecule has 47 valence electrons. The van der Waals surface area contributed by atoms with E-state index in [9.17, 15) is 4.79 Å². The van der Waals surface area contributed by atoms with Crippen molar-refractivity contribution in [3.8, 4) is 0 Å². The van der Waals surface area contributed by atoms with Crippen molar-refractivity contribution < 1.29 is 4.79 Å². The van der Waals surface area contributed by atoms with Crippen molar-refractivity contribution in [1.29, 1.82) is 0 Å². The van der Waals surface area contributed by atoms with Crippen molar-refractivity contribution in [3.05, 3.63) is 6.04 Å². The van der Waals surface area contributed by atoms with E-state index in [4.69, 9.17) is 5.73 Å². The van der Waals surface area contributed by atoms with Crippen molar-refractivity contribution in [1.82, 2.24) is 0 Å². The molecule has 0 rings (SSSR count). The summed E-state index contributed by atoms with van der Waals surface area (Å²) in [6.45, 7) is 5.28. The van der Waals surface area contributed by atoms with Gasteiger partial charge in [-0.2, -0.15) is 0 Å². The predicted octanol–water partition coefficient (Wildman–Crippen LogP) is 0.722. The van der Waals surface area contributed by atoms with Crippen LogP contribution in [0.1, 0.15) is 20.8 Å². The Bertz CT molecular complexity index is 88.5. The van der Waals surface area contributed by atoms with E-state index in [2.05, 4.69) is 0 Å². The third-order valence-corrected chi connectivity index (χ3v) is 1.03. The van der Waals surface area contributed by atoms with E-state index >= 15 is 0 Å². The zero-order valence-electron chi connectivity index (χ0n) is 5.56. The minimum absolute atomic E-state index is 0.0139. The van der Waals surface area contributed by atoms with Gasteiger partial charge < -0.3 is 5.73 Å². The molecule has 1 radical (unpaired) electrons. The Kier molecular flexibility index (Phi) is 2.69. The minimum Gasteiger partial charge on any atom is -0.317 e. The van der Waals surface area contributed by atoms with Crippen molar-refractivity contribution in [2.75, 3.05) is 0 Å². The van der Waals surface area contributed by atoms with Crippen molar-refractivity contribution >= 4 is 5.78 Å². The lowest BCUT2D eigenvalue weighted by Crippen LogP contribution is -2.23. The van der Waals surface area contributed by atoms with Crippen molar-refractivity contribution in [2.24, 2.45) is 11.7 Å². The van der Waals surface area contributed by atoms with Gasteiger partial charge in [-0.05, 0) is 12.8 Å².